The van der Waals surface area contributed by atoms with E-state index in [0.29, 0.717) is 17.4 Å². The molecule has 0 aromatic carbocycles. The molecule has 0 heterocycles. The number of quaternary nitrogens is 1. The number of likely N-dealkylation sites (N-methyl/N-ethyl adjacent to an activating group) is 1. The first-order valence-electron chi connectivity index (χ1n) is 21.5. The Bertz CT molecular complexity index is 964. The van der Waals surface area contributed by atoms with Gasteiger partial charge in [0.25, 0.3) is 7.82 Å². The Morgan fingerprint density at radius 1 is 0.585 bits per heavy atom. The lowest BCUT2D eigenvalue weighted by Crippen LogP contribution is -2.37. The summed E-state index contributed by atoms with van der Waals surface area (Å²) in [6.07, 6.45) is 37.7. The van der Waals surface area contributed by atoms with Gasteiger partial charge >= 0.3 is 11.9 Å². The van der Waals surface area contributed by atoms with Gasteiger partial charge in [0, 0.05) is 12.8 Å². The van der Waals surface area contributed by atoms with Crippen molar-refractivity contribution in [3.8, 4) is 0 Å². The predicted octanol–water partition coefficient (Wildman–Crippen LogP) is 11.3. The third-order valence-corrected chi connectivity index (χ3v) is 10.2. The predicted molar refractivity (Wildman–Crippen MR) is 218 cm³/mol. The first-order valence-corrected chi connectivity index (χ1v) is 23.0. The molecule has 0 radical (unpaired) electrons. The number of esters is 2. The lowest BCUT2D eigenvalue weighted by molar-refractivity contribution is -0.870. The van der Waals surface area contributed by atoms with Crippen LogP contribution in [0.5, 0.6) is 0 Å². The van der Waals surface area contributed by atoms with Crippen LogP contribution in [0.2, 0.25) is 0 Å². The van der Waals surface area contributed by atoms with Crippen molar-refractivity contribution in [2.24, 2.45) is 0 Å². The third-order valence-electron chi connectivity index (χ3n) is 9.22. The number of carbonyl (C=O) groups excluding carboxylic acids is 2. The summed E-state index contributed by atoms with van der Waals surface area (Å²) in [4.78, 5) is 37.5. The topological polar surface area (TPSA) is 111 Å². The van der Waals surface area contributed by atoms with Gasteiger partial charge in [-0.1, -0.05) is 154 Å². The lowest BCUT2D eigenvalue weighted by atomic mass is 10.0. The number of allylic oxidation sites excluding steroid dienone is 4. The third kappa shape index (κ3) is 40.0. The van der Waals surface area contributed by atoms with E-state index in [9.17, 15) is 19.0 Å². The van der Waals surface area contributed by atoms with Gasteiger partial charge < -0.3 is 27.9 Å². The molecule has 0 aliphatic rings. The molecule has 0 N–H and O–H groups in total. The SMILES string of the molecule is CCCCCC/C=C\C/C=C\CCCCCCCC(=O)OC(COC(=O)CCCCCCCCCCCCCCC)COP(=O)([O-])OCC[N+](C)(C)C. The molecule has 0 rings (SSSR count). The minimum Gasteiger partial charge on any atom is -0.756 e. The zero-order chi connectivity index (χ0) is 39.3. The molecule has 0 aromatic rings. The van der Waals surface area contributed by atoms with Crippen molar-refractivity contribution < 1.29 is 42.1 Å². The number of nitrogens with zero attached hydrogens (tertiary/aromatic N) is 1. The van der Waals surface area contributed by atoms with E-state index in [1.54, 1.807) is 0 Å². The second-order valence-corrected chi connectivity index (χ2v) is 17.1. The molecule has 312 valence electrons. The number of hydrogen-bond donors (Lipinski definition) is 0. The van der Waals surface area contributed by atoms with Crippen molar-refractivity contribution in [2.45, 2.75) is 193 Å². The molecule has 2 unspecified atom stereocenters. The van der Waals surface area contributed by atoms with Gasteiger partial charge in [0.2, 0.25) is 0 Å². The summed E-state index contributed by atoms with van der Waals surface area (Å²) >= 11 is 0. The summed E-state index contributed by atoms with van der Waals surface area (Å²) in [5.41, 5.74) is 0. The molecule has 0 spiro atoms. The van der Waals surface area contributed by atoms with Gasteiger partial charge in [-0.05, 0) is 44.9 Å². The molecule has 0 aliphatic heterocycles. The van der Waals surface area contributed by atoms with Crippen LogP contribution in [-0.2, 0) is 32.7 Å². The Labute approximate surface area is 326 Å². The van der Waals surface area contributed by atoms with Crippen LogP contribution < -0.4 is 4.89 Å². The van der Waals surface area contributed by atoms with Gasteiger partial charge in [-0.25, -0.2) is 0 Å². The van der Waals surface area contributed by atoms with Crippen molar-refractivity contribution in [3.05, 3.63) is 24.3 Å². The van der Waals surface area contributed by atoms with Crippen LogP contribution in [0.4, 0.5) is 0 Å². The lowest BCUT2D eigenvalue weighted by Gasteiger charge is -2.28. The van der Waals surface area contributed by atoms with Gasteiger partial charge in [-0.3, -0.25) is 14.2 Å². The number of unbranched alkanes of at least 4 members (excludes halogenated alkanes) is 21. The maximum Gasteiger partial charge on any atom is 0.306 e. The maximum atomic E-state index is 12.6. The van der Waals surface area contributed by atoms with Crippen molar-refractivity contribution in [2.75, 3.05) is 47.5 Å². The molecule has 0 aliphatic carbocycles. The van der Waals surface area contributed by atoms with E-state index in [0.717, 1.165) is 57.8 Å². The van der Waals surface area contributed by atoms with Crippen molar-refractivity contribution in [3.63, 3.8) is 0 Å². The highest BCUT2D eigenvalue weighted by molar-refractivity contribution is 7.45. The fourth-order valence-electron chi connectivity index (χ4n) is 5.80. The number of phosphoric acid groups is 1. The van der Waals surface area contributed by atoms with Crippen LogP contribution in [-0.4, -0.2) is 70.0 Å². The van der Waals surface area contributed by atoms with Crippen molar-refractivity contribution in [1.29, 1.82) is 0 Å². The van der Waals surface area contributed by atoms with Crippen molar-refractivity contribution >= 4 is 19.8 Å². The number of phosphoric ester groups is 1. The smallest absolute Gasteiger partial charge is 0.306 e. The Hall–Kier alpha value is -1.51. The number of rotatable bonds is 39. The van der Waals surface area contributed by atoms with E-state index < -0.39 is 26.5 Å². The molecule has 0 saturated heterocycles. The molecule has 9 nitrogen and oxygen atoms in total. The van der Waals surface area contributed by atoms with Crippen LogP contribution >= 0.6 is 7.82 Å². The molecule has 10 heteroatoms. The number of ether oxygens (including phenoxy) is 2. The summed E-state index contributed by atoms with van der Waals surface area (Å²) in [7, 11) is 1.16. The molecule has 53 heavy (non-hydrogen) atoms. The van der Waals surface area contributed by atoms with Crippen LogP contribution in [0.3, 0.4) is 0 Å². The fourth-order valence-corrected chi connectivity index (χ4v) is 6.53. The summed E-state index contributed by atoms with van der Waals surface area (Å²) in [5, 5.41) is 0. The van der Waals surface area contributed by atoms with Gasteiger partial charge in [0.1, 0.15) is 19.8 Å². The highest BCUT2D eigenvalue weighted by atomic mass is 31.2. The standard InChI is InChI=1S/C43H82NO8P/c1-6-8-10-12-14-16-18-20-21-22-24-26-28-30-32-34-36-43(46)52-41(40-51-53(47,48)50-38-37-44(3,4)5)39-49-42(45)35-33-31-29-27-25-23-19-17-15-13-11-9-7-2/h16,18,21-22,41H,6-15,17,19-20,23-40H2,1-5H3/b18-16-,22-21-. The highest BCUT2D eigenvalue weighted by Crippen LogP contribution is 2.38. The maximum absolute atomic E-state index is 12.6. The molecule has 0 saturated carbocycles. The van der Waals surface area contributed by atoms with E-state index >= 15 is 0 Å². The quantitative estimate of drug-likeness (QED) is 0.0200. The molecular weight excluding hydrogens is 689 g/mol. The van der Waals surface area contributed by atoms with E-state index in [2.05, 4.69) is 38.2 Å². The second-order valence-electron chi connectivity index (χ2n) is 15.7. The highest BCUT2D eigenvalue weighted by Gasteiger charge is 2.21. The van der Waals surface area contributed by atoms with Gasteiger partial charge in [0.05, 0.1) is 27.7 Å². The van der Waals surface area contributed by atoms with E-state index in [-0.39, 0.29) is 32.0 Å². The molecular formula is C43H82NO8P. The number of hydrogen-bond acceptors (Lipinski definition) is 8. The van der Waals surface area contributed by atoms with Crippen LogP contribution in [0.1, 0.15) is 187 Å². The van der Waals surface area contributed by atoms with Gasteiger partial charge in [0.15, 0.2) is 6.10 Å². The minimum atomic E-state index is -4.62. The van der Waals surface area contributed by atoms with Crippen molar-refractivity contribution in [1.82, 2.24) is 0 Å². The Morgan fingerprint density at radius 3 is 1.51 bits per heavy atom. The molecule has 0 aromatic heterocycles. The van der Waals surface area contributed by atoms with Crippen LogP contribution in [0.15, 0.2) is 24.3 Å². The van der Waals surface area contributed by atoms with Gasteiger partial charge in [-0.2, -0.15) is 0 Å². The van der Waals surface area contributed by atoms with E-state index in [1.165, 1.54) is 96.3 Å². The Morgan fingerprint density at radius 2 is 1.02 bits per heavy atom. The summed E-state index contributed by atoms with van der Waals surface area (Å²) < 4.78 is 33.8. The second kappa shape index (κ2) is 36.1. The first-order chi connectivity index (χ1) is 25.5. The molecule has 0 fully saturated rings. The Kier molecular flexibility index (Phi) is 35.1. The zero-order valence-corrected chi connectivity index (χ0v) is 35.9. The average molecular weight is 772 g/mol. The Balaban J connectivity index is 4.39. The van der Waals surface area contributed by atoms with Crippen LogP contribution in [0.25, 0.3) is 0 Å². The van der Waals surface area contributed by atoms with E-state index in [1.807, 2.05) is 21.1 Å². The molecule has 0 bridgehead atoms. The summed E-state index contributed by atoms with van der Waals surface area (Å²) in [6.45, 7) is 4.20. The summed E-state index contributed by atoms with van der Waals surface area (Å²) in [5.74, 6) is -0.845. The first kappa shape index (κ1) is 51.5. The normalized spacial score (nSPS) is 13.8. The average Bonchev–Trinajstić information content (AvgIpc) is 3.10. The van der Waals surface area contributed by atoms with Crippen LogP contribution in [0, 0.1) is 0 Å². The largest absolute Gasteiger partial charge is 0.756 e. The summed E-state index contributed by atoms with van der Waals surface area (Å²) in [6, 6.07) is 0. The zero-order valence-electron chi connectivity index (χ0n) is 35.0. The molecule has 2 atom stereocenters. The fraction of sp³-hybridized carbons (Fsp3) is 0.860. The number of carbonyl (C=O) groups is 2. The molecule has 0 amide bonds. The monoisotopic (exact) mass is 772 g/mol. The van der Waals surface area contributed by atoms with E-state index in [4.69, 9.17) is 18.5 Å². The van der Waals surface area contributed by atoms with Gasteiger partial charge in [-0.15, -0.1) is 0 Å². The minimum absolute atomic E-state index is 0.0320.